The van der Waals surface area contributed by atoms with E-state index in [4.69, 9.17) is 28.5 Å². The van der Waals surface area contributed by atoms with E-state index in [0.717, 1.165) is 11.3 Å². The van der Waals surface area contributed by atoms with Gasteiger partial charge >= 0.3 is 7.12 Å². The number of nitrogens with one attached hydrogen (secondary N) is 1. The van der Waals surface area contributed by atoms with Gasteiger partial charge in [0, 0.05) is 11.2 Å². The molecule has 0 aromatic heterocycles. The Hall–Kier alpha value is -0.525. The van der Waals surface area contributed by atoms with E-state index in [1.54, 1.807) is 6.08 Å². The summed E-state index contributed by atoms with van der Waals surface area (Å²) >= 11 is 12.9. The van der Waals surface area contributed by atoms with Gasteiger partial charge in [0.15, 0.2) is 0 Å². The zero-order valence-electron chi connectivity index (χ0n) is 9.48. The Morgan fingerprint density at radius 2 is 2.50 bits per heavy atom. The van der Waals surface area contributed by atoms with Gasteiger partial charge in [-0.25, -0.2) is 0 Å². The smallest absolute Gasteiger partial charge is 0.423 e. The molecule has 1 aliphatic heterocycles. The Labute approximate surface area is 121 Å². The number of hydrogen-bond donors (Lipinski definition) is 2. The molecule has 0 fully saturated rings. The highest BCUT2D eigenvalue weighted by molar-refractivity contribution is 8.23. The van der Waals surface area contributed by atoms with E-state index in [1.807, 2.05) is 12.1 Å². The minimum atomic E-state index is -0.955. The molecule has 0 saturated heterocycles. The third kappa shape index (κ3) is 2.89. The van der Waals surface area contributed by atoms with Crippen LogP contribution in [-0.4, -0.2) is 22.2 Å². The first kappa shape index (κ1) is 13.9. The van der Waals surface area contributed by atoms with Gasteiger partial charge in [-0.1, -0.05) is 47.7 Å². The van der Waals surface area contributed by atoms with Crippen molar-refractivity contribution in [3.8, 4) is 0 Å². The van der Waals surface area contributed by atoms with Crippen LogP contribution < -0.4 is 10.8 Å². The summed E-state index contributed by atoms with van der Waals surface area (Å²) in [5.41, 5.74) is 2.21. The van der Waals surface area contributed by atoms with E-state index in [0.29, 0.717) is 27.1 Å². The van der Waals surface area contributed by atoms with Gasteiger partial charge in [0.1, 0.15) is 4.32 Å². The lowest BCUT2D eigenvalue weighted by Crippen LogP contribution is -2.29. The molecule has 7 heteroatoms. The largest absolute Gasteiger partial charge is 0.493 e. The van der Waals surface area contributed by atoms with E-state index in [-0.39, 0.29) is 0 Å². The summed E-state index contributed by atoms with van der Waals surface area (Å²) in [6.45, 7) is 4.01. The van der Waals surface area contributed by atoms with Gasteiger partial charge in [-0.2, -0.15) is 0 Å². The highest BCUT2D eigenvalue weighted by atomic mass is 35.5. The SMILES string of the molecule is C=CCSC(=S)Nc1ccc2c(c1Cl)B(O)OC2. The number of thioether (sulfide) groups is 1. The van der Waals surface area contributed by atoms with E-state index in [1.165, 1.54) is 11.8 Å². The van der Waals surface area contributed by atoms with Crippen molar-refractivity contribution in [1.82, 2.24) is 0 Å². The van der Waals surface area contributed by atoms with Crippen molar-refractivity contribution in [1.29, 1.82) is 0 Å². The van der Waals surface area contributed by atoms with Gasteiger partial charge in [0.05, 0.1) is 17.3 Å². The van der Waals surface area contributed by atoms with Crippen LogP contribution in [0.5, 0.6) is 0 Å². The van der Waals surface area contributed by atoms with E-state index in [9.17, 15) is 5.02 Å². The third-order valence-corrected chi connectivity index (χ3v) is 4.11. The molecule has 1 aliphatic rings. The normalized spacial score (nSPS) is 13.3. The minimum absolute atomic E-state index is 0.381. The van der Waals surface area contributed by atoms with E-state index < -0.39 is 7.12 Å². The van der Waals surface area contributed by atoms with Crippen molar-refractivity contribution in [2.24, 2.45) is 0 Å². The zero-order valence-corrected chi connectivity index (χ0v) is 11.9. The van der Waals surface area contributed by atoms with Crippen LogP contribution in [0.4, 0.5) is 5.69 Å². The Kier molecular flexibility index (Phi) is 4.69. The number of hydrogen-bond acceptors (Lipinski definition) is 4. The van der Waals surface area contributed by atoms with Crippen molar-refractivity contribution in [3.05, 3.63) is 35.4 Å². The second-order valence-electron chi connectivity index (χ2n) is 3.68. The number of thiocarbonyl (C=S) groups is 1. The molecule has 0 aliphatic carbocycles. The van der Waals surface area contributed by atoms with Crippen LogP contribution in [0.3, 0.4) is 0 Å². The third-order valence-electron chi connectivity index (χ3n) is 2.48. The van der Waals surface area contributed by atoms with Crippen LogP contribution in [0.1, 0.15) is 5.56 Å². The number of fused-ring (bicyclic) bond motifs is 1. The molecule has 2 rings (SSSR count). The molecule has 1 aromatic rings. The first-order chi connectivity index (χ1) is 8.63. The molecule has 0 unspecified atom stereocenters. The van der Waals surface area contributed by atoms with E-state index in [2.05, 4.69) is 11.9 Å². The lowest BCUT2D eigenvalue weighted by Gasteiger charge is -2.11. The summed E-state index contributed by atoms with van der Waals surface area (Å²) in [6.07, 6.45) is 1.78. The summed E-state index contributed by atoms with van der Waals surface area (Å²) in [5, 5.41) is 13.2. The fourth-order valence-corrected chi connectivity index (χ4v) is 2.75. The topological polar surface area (TPSA) is 41.5 Å². The number of rotatable bonds is 3. The maximum absolute atomic E-state index is 9.68. The molecule has 0 radical (unpaired) electrons. The quantitative estimate of drug-likeness (QED) is 0.509. The van der Waals surface area contributed by atoms with Crippen molar-refractivity contribution in [2.45, 2.75) is 6.61 Å². The van der Waals surface area contributed by atoms with Crippen LogP contribution in [0.15, 0.2) is 24.8 Å². The van der Waals surface area contributed by atoms with Crippen molar-refractivity contribution in [3.63, 3.8) is 0 Å². The maximum atomic E-state index is 9.68. The Morgan fingerprint density at radius 1 is 1.72 bits per heavy atom. The summed E-state index contributed by atoms with van der Waals surface area (Å²) in [4.78, 5) is 0. The molecular formula is C11H11BClNO2S2. The van der Waals surface area contributed by atoms with Gasteiger partial charge in [-0.05, 0) is 11.6 Å². The maximum Gasteiger partial charge on any atom is 0.493 e. The summed E-state index contributed by atoms with van der Waals surface area (Å²) in [5.74, 6) is 0.736. The van der Waals surface area contributed by atoms with Crippen molar-refractivity contribution < 1.29 is 9.68 Å². The lowest BCUT2D eigenvalue weighted by atomic mass is 9.79. The van der Waals surface area contributed by atoms with Gasteiger partial charge in [0.2, 0.25) is 0 Å². The highest BCUT2D eigenvalue weighted by Crippen LogP contribution is 2.26. The van der Waals surface area contributed by atoms with Crippen molar-refractivity contribution in [2.75, 3.05) is 11.1 Å². The standard InChI is InChI=1S/C11H11BClNO2S2/c1-2-5-18-11(17)14-8-4-3-7-6-16-12(15)9(7)10(8)13/h2-4,15H,1,5-6H2,(H,14,17). The summed E-state index contributed by atoms with van der Waals surface area (Å²) in [7, 11) is -0.955. The van der Waals surface area contributed by atoms with Crippen LogP contribution in [0, 0.1) is 0 Å². The molecule has 0 atom stereocenters. The van der Waals surface area contributed by atoms with Gasteiger partial charge in [-0.15, -0.1) is 6.58 Å². The van der Waals surface area contributed by atoms with Crippen LogP contribution >= 0.6 is 35.6 Å². The predicted molar refractivity (Wildman–Crippen MR) is 82.7 cm³/mol. The second kappa shape index (κ2) is 6.08. The molecule has 0 amide bonds. The minimum Gasteiger partial charge on any atom is -0.423 e. The van der Waals surface area contributed by atoms with Gasteiger partial charge < -0.3 is 15.0 Å². The van der Waals surface area contributed by atoms with E-state index >= 15 is 0 Å². The predicted octanol–water partition coefficient (Wildman–Crippen LogP) is 2.17. The summed E-state index contributed by atoms with van der Waals surface area (Å²) in [6, 6.07) is 3.71. The van der Waals surface area contributed by atoms with Crippen LogP contribution in [0.25, 0.3) is 0 Å². The molecule has 18 heavy (non-hydrogen) atoms. The monoisotopic (exact) mass is 299 g/mol. The second-order valence-corrected chi connectivity index (χ2v) is 5.75. The summed E-state index contributed by atoms with van der Waals surface area (Å²) < 4.78 is 5.74. The number of benzene rings is 1. The van der Waals surface area contributed by atoms with Gasteiger partial charge in [0.25, 0.3) is 0 Å². The molecule has 0 saturated carbocycles. The molecule has 0 bridgehead atoms. The Morgan fingerprint density at radius 3 is 3.22 bits per heavy atom. The fourth-order valence-electron chi connectivity index (χ4n) is 1.66. The zero-order chi connectivity index (χ0) is 13.1. The number of halogens is 1. The lowest BCUT2D eigenvalue weighted by molar-refractivity contribution is 0.275. The average molecular weight is 300 g/mol. The van der Waals surface area contributed by atoms with Crippen molar-refractivity contribution >= 4 is 58.2 Å². The average Bonchev–Trinajstić information content (AvgIpc) is 2.73. The molecule has 1 aromatic carbocycles. The first-order valence-corrected chi connectivity index (χ1v) is 7.06. The van der Waals surface area contributed by atoms with Crippen LogP contribution in [0.2, 0.25) is 5.02 Å². The van der Waals surface area contributed by atoms with Gasteiger partial charge in [-0.3, -0.25) is 0 Å². The fraction of sp³-hybridized carbons (Fsp3) is 0.182. The van der Waals surface area contributed by atoms with Crippen LogP contribution in [-0.2, 0) is 11.3 Å². The number of anilines is 1. The molecule has 2 N–H and O–H groups in total. The first-order valence-electron chi connectivity index (χ1n) is 5.29. The molecule has 0 spiro atoms. The Bertz CT molecular complexity index is 498. The Balaban J connectivity index is 2.17. The highest BCUT2D eigenvalue weighted by Gasteiger charge is 2.31. The molecule has 3 nitrogen and oxygen atoms in total. The molecule has 94 valence electrons. The molecule has 1 heterocycles. The molecular weight excluding hydrogens is 289 g/mol.